The third-order valence-corrected chi connectivity index (χ3v) is 2.48. The van der Waals surface area contributed by atoms with Crippen molar-refractivity contribution in [1.82, 2.24) is 0 Å². The molecule has 0 radical (unpaired) electrons. The van der Waals surface area contributed by atoms with E-state index in [-0.39, 0.29) is 5.41 Å². The first-order chi connectivity index (χ1) is 6.79. The van der Waals surface area contributed by atoms with Crippen molar-refractivity contribution in [3.05, 3.63) is 34.9 Å². The van der Waals surface area contributed by atoms with Gasteiger partial charge >= 0.3 is 0 Å². The van der Waals surface area contributed by atoms with Crippen molar-refractivity contribution in [3.8, 4) is 0 Å². The summed E-state index contributed by atoms with van der Waals surface area (Å²) in [5, 5.41) is 0. The van der Waals surface area contributed by atoms with Crippen LogP contribution in [0.15, 0.2) is 18.2 Å². The van der Waals surface area contributed by atoms with Gasteiger partial charge in [-0.05, 0) is 19.4 Å². The van der Waals surface area contributed by atoms with E-state index in [4.69, 9.17) is 0 Å². The average Bonchev–Trinajstić information content (AvgIpc) is 1.99. The van der Waals surface area contributed by atoms with Crippen molar-refractivity contribution in [3.63, 3.8) is 0 Å². The van der Waals surface area contributed by atoms with Crippen LogP contribution in [0.1, 0.15) is 37.5 Å². The van der Waals surface area contributed by atoms with Crippen LogP contribution in [0, 0.1) is 19.3 Å². The van der Waals surface area contributed by atoms with Gasteiger partial charge in [-0.15, -0.1) is 0 Å². The smallest absolute Gasteiger partial charge is 0.142 e. The summed E-state index contributed by atoms with van der Waals surface area (Å²) in [6.07, 6.45) is 0.548. The van der Waals surface area contributed by atoms with Crippen LogP contribution in [-0.2, 0) is 11.2 Å². The number of carbonyl (C=O) groups is 1. The molecule has 0 amide bonds. The Morgan fingerprint density at radius 2 is 1.53 bits per heavy atom. The van der Waals surface area contributed by atoms with Crippen LogP contribution in [0.25, 0.3) is 0 Å². The SMILES string of the molecule is Cc1cc(C)cc(CC(=O)C(C)(C)C)c1. The van der Waals surface area contributed by atoms with Crippen LogP contribution in [0.2, 0.25) is 0 Å². The van der Waals surface area contributed by atoms with Gasteiger partial charge in [0, 0.05) is 11.8 Å². The van der Waals surface area contributed by atoms with Crippen molar-refractivity contribution in [1.29, 1.82) is 0 Å². The molecule has 0 spiro atoms. The summed E-state index contributed by atoms with van der Waals surface area (Å²) in [4.78, 5) is 11.9. The third kappa shape index (κ3) is 3.50. The Hall–Kier alpha value is -1.11. The fourth-order valence-electron chi connectivity index (χ4n) is 1.62. The first-order valence-electron chi connectivity index (χ1n) is 5.39. The molecule has 0 aliphatic heterocycles. The zero-order chi connectivity index (χ0) is 11.6. The highest BCUT2D eigenvalue weighted by Crippen LogP contribution is 2.19. The second-order valence-electron chi connectivity index (χ2n) is 5.35. The maximum absolute atomic E-state index is 11.9. The lowest BCUT2D eigenvalue weighted by Crippen LogP contribution is -2.22. The Morgan fingerprint density at radius 1 is 1.07 bits per heavy atom. The van der Waals surface area contributed by atoms with E-state index in [1.54, 1.807) is 0 Å². The molecular formula is C14H20O. The molecule has 1 aromatic carbocycles. The zero-order valence-electron chi connectivity index (χ0n) is 10.3. The number of ketones is 1. The lowest BCUT2D eigenvalue weighted by Gasteiger charge is -2.16. The molecule has 0 heterocycles. The highest BCUT2D eigenvalue weighted by atomic mass is 16.1. The fraction of sp³-hybridized carbons (Fsp3) is 0.500. The van der Waals surface area contributed by atoms with Gasteiger partial charge in [-0.1, -0.05) is 50.1 Å². The number of benzene rings is 1. The van der Waals surface area contributed by atoms with Crippen molar-refractivity contribution in [2.75, 3.05) is 0 Å². The number of Topliss-reactive ketones (excluding diaryl/α,β-unsaturated/α-hetero) is 1. The average molecular weight is 204 g/mol. The molecule has 1 nitrogen and oxygen atoms in total. The second kappa shape index (κ2) is 4.18. The zero-order valence-corrected chi connectivity index (χ0v) is 10.3. The molecule has 82 valence electrons. The molecule has 0 aromatic heterocycles. The highest BCUT2D eigenvalue weighted by molar-refractivity contribution is 5.85. The molecule has 0 saturated heterocycles. The van der Waals surface area contributed by atoms with E-state index in [1.165, 1.54) is 11.1 Å². The van der Waals surface area contributed by atoms with Gasteiger partial charge in [0.25, 0.3) is 0 Å². The standard InChI is InChI=1S/C14H20O/c1-10-6-11(2)8-12(7-10)9-13(15)14(3,4)5/h6-8H,9H2,1-5H3. The molecule has 1 rings (SSSR count). The summed E-state index contributed by atoms with van der Waals surface area (Å²) in [5.74, 6) is 0.299. The fourth-order valence-corrected chi connectivity index (χ4v) is 1.62. The maximum atomic E-state index is 11.9. The molecule has 0 saturated carbocycles. The van der Waals surface area contributed by atoms with E-state index >= 15 is 0 Å². The van der Waals surface area contributed by atoms with E-state index < -0.39 is 0 Å². The first kappa shape index (κ1) is 12.0. The predicted octanol–water partition coefficient (Wildman–Crippen LogP) is 3.46. The van der Waals surface area contributed by atoms with Gasteiger partial charge in [0.05, 0.1) is 0 Å². The van der Waals surface area contributed by atoms with Gasteiger partial charge in [0.1, 0.15) is 5.78 Å². The molecular weight excluding hydrogens is 184 g/mol. The van der Waals surface area contributed by atoms with E-state index in [0.717, 1.165) is 5.56 Å². The van der Waals surface area contributed by atoms with Gasteiger partial charge in [-0.25, -0.2) is 0 Å². The number of aryl methyl sites for hydroxylation is 2. The highest BCUT2D eigenvalue weighted by Gasteiger charge is 2.21. The van der Waals surface area contributed by atoms with Gasteiger partial charge in [0.15, 0.2) is 0 Å². The number of rotatable bonds is 2. The molecule has 0 N–H and O–H groups in total. The minimum absolute atomic E-state index is 0.238. The Labute approximate surface area is 92.5 Å². The third-order valence-electron chi connectivity index (χ3n) is 2.48. The molecule has 15 heavy (non-hydrogen) atoms. The Balaban J connectivity index is 2.86. The summed E-state index contributed by atoms with van der Waals surface area (Å²) < 4.78 is 0. The molecule has 0 aliphatic carbocycles. The number of hydrogen-bond donors (Lipinski definition) is 0. The van der Waals surface area contributed by atoms with Crippen LogP contribution in [0.3, 0.4) is 0 Å². The van der Waals surface area contributed by atoms with E-state index in [9.17, 15) is 4.79 Å². The monoisotopic (exact) mass is 204 g/mol. The van der Waals surface area contributed by atoms with Crippen molar-refractivity contribution in [2.24, 2.45) is 5.41 Å². The van der Waals surface area contributed by atoms with Crippen LogP contribution in [0.4, 0.5) is 0 Å². The van der Waals surface area contributed by atoms with Crippen LogP contribution in [-0.4, -0.2) is 5.78 Å². The largest absolute Gasteiger partial charge is 0.299 e. The predicted molar refractivity (Wildman–Crippen MR) is 64.1 cm³/mol. The quantitative estimate of drug-likeness (QED) is 0.721. The number of carbonyl (C=O) groups excluding carboxylic acids is 1. The van der Waals surface area contributed by atoms with E-state index in [0.29, 0.717) is 12.2 Å². The van der Waals surface area contributed by atoms with E-state index in [2.05, 4.69) is 32.0 Å². The normalized spacial score (nSPS) is 11.5. The maximum Gasteiger partial charge on any atom is 0.142 e. The summed E-state index contributed by atoms with van der Waals surface area (Å²) in [6, 6.07) is 6.32. The van der Waals surface area contributed by atoms with Gasteiger partial charge < -0.3 is 0 Å². The molecule has 1 aromatic rings. The summed E-state index contributed by atoms with van der Waals surface area (Å²) in [5.41, 5.74) is 3.35. The van der Waals surface area contributed by atoms with Crippen LogP contribution in [0.5, 0.6) is 0 Å². The van der Waals surface area contributed by atoms with Crippen molar-refractivity contribution in [2.45, 2.75) is 41.0 Å². The second-order valence-corrected chi connectivity index (χ2v) is 5.35. The minimum atomic E-state index is -0.238. The lowest BCUT2D eigenvalue weighted by atomic mass is 9.86. The molecule has 0 unspecified atom stereocenters. The van der Waals surface area contributed by atoms with Crippen molar-refractivity contribution < 1.29 is 4.79 Å². The lowest BCUT2D eigenvalue weighted by molar-refractivity contribution is -0.125. The summed E-state index contributed by atoms with van der Waals surface area (Å²) in [7, 11) is 0. The Morgan fingerprint density at radius 3 is 1.93 bits per heavy atom. The van der Waals surface area contributed by atoms with Crippen LogP contribution < -0.4 is 0 Å². The number of hydrogen-bond acceptors (Lipinski definition) is 1. The van der Waals surface area contributed by atoms with Gasteiger partial charge in [-0.3, -0.25) is 4.79 Å². The summed E-state index contributed by atoms with van der Waals surface area (Å²) in [6.45, 7) is 10.0. The molecule has 0 aliphatic rings. The first-order valence-corrected chi connectivity index (χ1v) is 5.39. The summed E-state index contributed by atoms with van der Waals surface area (Å²) >= 11 is 0. The van der Waals surface area contributed by atoms with E-state index in [1.807, 2.05) is 20.8 Å². The Bertz CT molecular complexity index is 349. The van der Waals surface area contributed by atoms with Crippen LogP contribution >= 0.6 is 0 Å². The van der Waals surface area contributed by atoms with Crippen molar-refractivity contribution >= 4 is 5.78 Å². The molecule has 0 bridgehead atoms. The molecule has 0 fully saturated rings. The molecule has 0 atom stereocenters. The van der Waals surface area contributed by atoms with Gasteiger partial charge in [0.2, 0.25) is 0 Å². The molecule has 1 heteroatoms. The minimum Gasteiger partial charge on any atom is -0.299 e. The topological polar surface area (TPSA) is 17.1 Å². The Kier molecular flexibility index (Phi) is 3.33. The van der Waals surface area contributed by atoms with Gasteiger partial charge in [-0.2, -0.15) is 0 Å².